The molecule has 1 aliphatic heterocycles. The number of amides is 1. The molecule has 1 N–H and O–H groups in total. The van der Waals surface area contributed by atoms with Crippen molar-refractivity contribution in [3.8, 4) is 0 Å². The normalized spacial score (nSPS) is 14.4. The van der Waals surface area contributed by atoms with E-state index in [2.05, 4.69) is 27.3 Å². The van der Waals surface area contributed by atoms with Crippen LogP contribution in [-0.4, -0.2) is 54.4 Å². The molecule has 1 amide bonds. The second-order valence-corrected chi connectivity index (χ2v) is 9.46. The van der Waals surface area contributed by atoms with Crippen LogP contribution in [0, 0.1) is 12.7 Å². The van der Waals surface area contributed by atoms with E-state index < -0.39 is 23.8 Å². The summed E-state index contributed by atoms with van der Waals surface area (Å²) in [5, 5.41) is 4.20. The molecule has 0 unspecified atom stereocenters. The maximum absolute atomic E-state index is 14.8. The van der Waals surface area contributed by atoms with E-state index in [1.165, 1.54) is 17.7 Å². The lowest BCUT2D eigenvalue weighted by Crippen LogP contribution is -2.38. The minimum Gasteiger partial charge on any atom is -0.378 e. The molecule has 0 bridgehead atoms. The van der Waals surface area contributed by atoms with Crippen LogP contribution >= 0.6 is 24.8 Å². The average molecular weight is 569 g/mol. The number of carbonyl (C=O) groups is 1. The van der Waals surface area contributed by atoms with Crippen LogP contribution in [0.3, 0.4) is 0 Å². The molecule has 0 radical (unpaired) electrons. The van der Waals surface area contributed by atoms with Crippen LogP contribution in [0.2, 0.25) is 0 Å². The molecule has 3 aromatic rings. The lowest BCUT2D eigenvalue weighted by atomic mass is 9.97. The number of carbonyl (C=O) groups excluding carboxylic acids is 1. The molecule has 5 nitrogen and oxygen atoms in total. The number of aryl methyl sites for hydroxylation is 1. The summed E-state index contributed by atoms with van der Waals surface area (Å²) in [6.07, 6.45) is 0.0938. The summed E-state index contributed by atoms with van der Waals surface area (Å²) in [5.74, 6) is -0.799. The third-order valence-corrected chi connectivity index (χ3v) is 6.59. The maximum Gasteiger partial charge on any atom is 0.266 e. The first-order chi connectivity index (χ1) is 17.1. The van der Waals surface area contributed by atoms with E-state index in [-0.39, 0.29) is 36.3 Å². The predicted molar refractivity (Wildman–Crippen MR) is 152 cm³/mol. The van der Waals surface area contributed by atoms with Crippen molar-refractivity contribution >= 4 is 52.9 Å². The Morgan fingerprint density at radius 1 is 1.13 bits per heavy atom. The van der Waals surface area contributed by atoms with Crippen LogP contribution in [0.4, 0.5) is 18.9 Å². The van der Waals surface area contributed by atoms with Gasteiger partial charge in [0, 0.05) is 49.5 Å². The molecule has 0 fully saturated rings. The van der Waals surface area contributed by atoms with E-state index in [0.717, 1.165) is 46.9 Å². The number of anilines is 1. The highest BCUT2D eigenvalue weighted by molar-refractivity contribution is 5.94. The number of halogens is 5. The van der Waals surface area contributed by atoms with Crippen molar-refractivity contribution < 1.29 is 18.0 Å². The van der Waals surface area contributed by atoms with Gasteiger partial charge in [0.15, 0.2) is 0 Å². The van der Waals surface area contributed by atoms with E-state index in [4.69, 9.17) is 0 Å². The molecule has 2 heterocycles. The summed E-state index contributed by atoms with van der Waals surface area (Å²) in [6, 6.07) is 11.5. The van der Waals surface area contributed by atoms with Crippen LogP contribution in [-0.2, 0) is 4.79 Å². The molecule has 0 aliphatic carbocycles. The molecule has 38 heavy (non-hydrogen) atoms. The molecule has 2 aromatic carbocycles. The quantitative estimate of drug-likeness (QED) is 0.340. The third-order valence-electron chi connectivity index (χ3n) is 6.59. The Labute approximate surface area is 233 Å². The maximum atomic E-state index is 14.8. The smallest absolute Gasteiger partial charge is 0.266 e. The fourth-order valence-electron chi connectivity index (χ4n) is 4.51. The number of alkyl halides is 2. The van der Waals surface area contributed by atoms with Gasteiger partial charge in [-0.05, 0) is 49.6 Å². The van der Waals surface area contributed by atoms with Crippen LogP contribution in [0.25, 0.3) is 16.5 Å². The number of hydrogen-bond acceptors (Lipinski definition) is 4. The van der Waals surface area contributed by atoms with Gasteiger partial charge in [0.2, 0.25) is 5.91 Å². The van der Waals surface area contributed by atoms with Gasteiger partial charge in [-0.1, -0.05) is 30.3 Å². The first-order valence-corrected chi connectivity index (χ1v) is 12.0. The van der Waals surface area contributed by atoms with E-state index in [0.29, 0.717) is 13.1 Å². The molecule has 0 spiro atoms. The van der Waals surface area contributed by atoms with Crippen molar-refractivity contribution in [2.75, 3.05) is 39.0 Å². The standard InChI is InChI=1S/C28H31F3N4O.2ClH/c1-17-14-25(33-18(2)21-6-5-7-22(27(21)29)28(30)31)23-15-20(8-9-24(23)32-17)19-10-12-35(13-11-19)16-26(36)34(3)4;;/h5-10,14-15,18,28H,11-13,16H2,1-4H3,(H,32,33);2*1H/t18-;;/m1../s1. The fourth-order valence-corrected chi connectivity index (χ4v) is 4.51. The second-order valence-electron chi connectivity index (χ2n) is 9.46. The molecule has 0 saturated heterocycles. The zero-order valence-electron chi connectivity index (χ0n) is 21.8. The molecule has 206 valence electrons. The molecule has 1 aliphatic rings. The highest BCUT2D eigenvalue weighted by atomic mass is 35.5. The molecule has 4 rings (SSSR count). The number of likely N-dealkylation sites (N-methyl/N-ethyl adjacent to an activating group) is 1. The summed E-state index contributed by atoms with van der Waals surface area (Å²) in [5.41, 5.74) is 4.21. The Kier molecular flexibility index (Phi) is 11.0. The van der Waals surface area contributed by atoms with Crippen molar-refractivity contribution in [3.63, 3.8) is 0 Å². The average Bonchev–Trinajstić information content (AvgIpc) is 2.84. The van der Waals surface area contributed by atoms with Gasteiger partial charge in [-0.3, -0.25) is 14.7 Å². The lowest BCUT2D eigenvalue weighted by molar-refractivity contribution is -0.129. The zero-order chi connectivity index (χ0) is 26.0. The first-order valence-electron chi connectivity index (χ1n) is 12.0. The number of rotatable bonds is 7. The Balaban J connectivity index is 0.00000253. The van der Waals surface area contributed by atoms with Crippen molar-refractivity contribution in [3.05, 3.63) is 76.7 Å². The monoisotopic (exact) mass is 568 g/mol. The van der Waals surface area contributed by atoms with Crippen LogP contribution in [0.1, 0.15) is 48.2 Å². The minimum atomic E-state index is -2.87. The lowest BCUT2D eigenvalue weighted by Gasteiger charge is -2.27. The summed E-state index contributed by atoms with van der Waals surface area (Å²) in [6.45, 7) is 5.52. The largest absolute Gasteiger partial charge is 0.378 e. The van der Waals surface area contributed by atoms with Gasteiger partial charge in [0.05, 0.1) is 23.7 Å². The van der Waals surface area contributed by atoms with Crippen molar-refractivity contribution in [1.29, 1.82) is 0 Å². The predicted octanol–water partition coefficient (Wildman–Crippen LogP) is 6.81. The molecule has 1 aromatic heterocycles. The van der Waals surface area contributed by atoms with Crippen molar-refractivity contribution in [1.82, 2.24) is 14.8 Å². The van der Waals surface area contributed by atoms with Crippen LogP contribution in [0.15, 0.2) is 48.5 Å². The summed E-state index contributed by atoms with van der Waals surface area (Å²) >= 11 is 0. The molecule has 10 heteroatoms. The molecule has 0 saturated carbocycles. The van der Waals surface area contributed by atoms with Gasteiger partial charge < -0.3 is 10.2 Å². The van der Waals surface area contributed by atoms with Crippen LogP contribution < -0.4 is 5.32 Å². The Morgan fingerprint density at radius 2 is 1.84 bits per heavy atom. The third kappa shape index (κ3) is 6.98. The molecule has 1 atom stereocenters. The Hall–Kier alpha value is -2.81. The SMILES string of the molecule is Cc1cc(N[C@H](C)c2cccc(C(F)F)c2F)c2cc(C3=CCN(CC(=O)N(C)C)CC3)ccc2n1.Cl.Cl. The van der Waals surface area contributed by atoms with Gasteiger partial charge in [-0.2, -0.15) is 0 Å². The van der Waals surface area contributed by atoms with E-state index in [1.807, 2.05) is 25.1 Å². The number of benzene rings is 2. The topological polar surface area (TPSA) is 48.5 Å². The molecular formula is C28H33Cl2F3N4O. The number of nitrogens with one attached hydrogen (secondary N) is 1. The second kappa shape index (κ2) is 13.3. The first kappa shape index (κ1) is 31.4. The Morgan fingerprint density at radius 3 is 2.47 bits per heavy atom. The zero-order valence-corrected chi connectivity index (χ0v) is 23.4. The molecular weight excluding hydrogens is 536 g/mol. The summed E-state index contributed by atoms with van der Waals surface area (Å²) < 4.78 is 41.2. The highest BCUT2D eigenvalue weighted by Crippen LogP contribution is 2.33. The van der Waals surface area contributed by atoms with Gasteiger partial charge in [0.1, 0.15) is 5.82 Å². The van der Waals surface area contributed by atoms with Gasteiger partial charge in [0.25, 0.3) is 6.43 Å². The number of fused-ring (bicyclic) bond motifs is 1. The van der Waals surface area contributed by atoms with Gasteiger partial charge >= 0.3 is 0 Å². The number of aromatic nitrogens is 1. The van der Waals surface area contributed by atoms with Crippen molar-refractivity contribution in [2.45, 2.75) is 32.7 Å². The van der Waals surface area contributed by atoms with Gasteiger partial charge in [-0.15, -0.1) is 24.8 Å². The minimum absolute atomic E-state index is 0. The summed E-state index contributed by atoms with van der Waals surface area (Å²) in [7, 11) is 3.52. The van der Waals surface area contributed by atoms with Crippen LogP contribution in [0.5, 0.6) is 0 Å². The van der Waals surface area contributed by atoms with Crippen molar-refractivity contribution in [2.24, 2.45) is 0 Å². The number of nitrogens with zero attached hydrogens (tertiary/aromatic N) is 3. The van der Waals surface area contributed by atoms with E-state index >= 15 is 0 Å². The summed E-state index contributed by atoms with van der Waals surface area (Å²) in [4.78, 5) is 20.4. The highest BCUT2D eigenvalue weighted by Gasteiger charge is 2.21. The van der Waals surface area contributed by atoms with E-state index in [1.54, 1.807) is 25.9 Å². The fraction of sp³-hybridized carbons (Fsp3) is 0.357. The Bertz CT molecular complexity index is 1320. The number of hydrogen-bond donors (Lipinski definition) is 1. The number of pyridine rings is 1. The van der Waals surface area contributed by atoms with E-state index in [9.17, 15) is 18.0 Å². The van der Waals surface area contributed by atoms with Gasteiger partial charge in [-0.25, -0.2) is 13.2 Å².